The van der Waals surface area contributed by atoms with Gasteiger partial charge >= 0.3 is 0 Å². The topological polar surface area (TPSA) is 89.8 Å². The highest BCUT2D eigenvalue weighted by Crippen LogP contribution is 2.44. The summed E-state index contributed by atoms with van der Waals surface area (Å²) in [7, 11) is 0. The third-order valence-electron chi connectivity index (χ3n) is 3.50. The van der Waals surface area contributed by atoms with Crippen molar-refractivity contribution in [2.75, 3.05) is 11.1 Å². The Morgan fingerprint density at radius 2 is 2.14 bits per heavy atom. The average Bonchev–Trinajstić information content (AvgIpc) is 3.30. The minimum atomic E-state index is 0.177. The molecular weight excluding hydrogens is 286 g/mol. The van der Waals surface area contributed by atoms with Crippen LogP contribution in [0.2, 0.25) is 5.28 Å². The maximum Gasteiger partial charge on any atom is 0.224 e. The van der Waals surface area contributed by atoms with E-state index in [0.717, 1.165) is 11.3 Å². The van der Waals surface area contributed by atoms with Crippen molar-refractivity contribution in [2.24, 2.45) is 5.73 Å². The molecule has 2 aromatic rings. The molecule has 0 spiro atoms. The van der Waals surface area contributed by atoms with Gasteiger partial charge in [0.2, 0.25) is 5.28 Å². The van der Waals surface area contributed by atoms with Crippen molar-refractivity contribution in [1.82, 2.24) is 9.97 Å². The zero-order valence-electron chi connectivity index (χ0n) is 11.4. The van der Waals surface area contributed by atoms with Gasteiger partial charge in [-0.2, -0.15) is 0 Å². The van der Waals surface area contributed by atoms with Gasteiger partial charge in [0, 0.05) is 23.6 Å². The Labute approximate surface area is 128 Å². The molecule has 5 N–H and O–H groups in total. The summed E-state index contributed by atoms with van der Waals surface area (Å²) in [5.74, 6) is 1.15. The number of nitrogens with two attached hydrogens (primary N) is 2. The van der Waals surface area contributed by atoms with E-state index in [0.29, 0.717) is 17.4 Å². The molecule has 1 aromatic carbocycles. The van der Waals surface area contributed by atoms with Gasteiger partial charge in [-0.1, -0.05) is 18.2 Å². The first-order valence-electron chi connectivity index (χ1n) is 6.75. The predicted octanol–water partition coefficient (Wildman–Crippen LogP) is 2.96. The maximum atomic E-state index is 6.29. The molecule has 3 rings (SSSR count). The number of anilines is 2. The Bertz CT molecular complexity index is 694. The quantitative estimate of drug-likeness (QED) is 0.596. The number of halogens is 1. The molecule has 5 nitrogen and oxygen atoms in total. The van der Waals surface area contributed by atoms with E-state index >= 15 is 0 Å². The zero-order valence-corrected chi connectivity index (χ0v) is 12.1. The van der Waals surface area contributed by atoms with Crippen molar-refractivity contribution in [2.45, 2.75) is 18.8 Å². The van der Waals surface area contributed by atoms with Crippen LogP contribution in [0.3, 0.4) is 0 Å². The molecule has 1 aliphatic carbocycles. The molecule has 1 heterocycles. The Kier molecular flexibility index (Phi) is 3.66. The Hall–Kier alpha value is -2.27. The molecule has 0 amide bonds. The standard InChI is InChI=1S/C15H16ClN5/c16-15-19-7-6-13(21-15)20-12(8-17)11-3-1-2-10(14(11)18)9-4-5-9/h1-3,6-9H,4-5,17-18H2,(H,19,20,21)/b12-8+. The van der Waals surface area contributed by atoms with Crippen LogP contribution in [0.5, 0.6) is 0 Å². The first kappa shape index (κ1) is 13.7. The number of rotatable bonds is 4. The summed E-state index contributed by atoms with van der Waals surface area (Å²) in [4.78, 5) is 7.94. The highest BCUT2D eigenvalue weighted by Gasteiger charge is 2.26. The number of nitrogen functional groups attached to an aromatic ring is 1. The van der Waals surface area contributed by atoms with E-state index in [-0.39, 0.29) is 5.28 Å². The van der Waals surface area contributed by atoms with Crippen LogP contribution in [0.25, 0.3) is 5.70 Å². The van der Waals surface area contributed by atoms with Gasteiger partial charge in [0.1, 0.15) is 5.82 Å². The van der Waals surface area contributed by atoms with E-state index in [4.69, 9.17) is 23.1 Å². The van der Waals surface area contributed by atoms with Crippen molar-refractivity contribution in [3.63, 3.8) is 0 Å². The summed E-state index contributed by atoms with van der Waals surface area (Å²) < 4.78 is 0. The third kappa shape index (κ3) is 2.92. The fraction of sp³-hybridized carbons (Fsp3) is 0.200. The molecular formula is C15H16ClN5. The minimum Gasteiger partial charge on any atom is -0.403 e. The first-order valence-corrected chi connectivity index (χ1v) is 7.13. The second-order valence-electron chi connectivity index (χ2n) is 5.00. The summed E-state index contributed by atoms with van der Waals surface area (Å²) in [5.41, 5.74) is 15.6. The van der Waals surface area contributed by atoms with Crippen molar-refractivity contribution in [3.05, 3.63) is 53.1 Å². The van der Waals surface area contributed by atoms with Gasteiger partial charge in [0.05, 0.1) is 5.70 Å². The fourth-order valence-corrected chi connectivity index (χ4v) is 2.46. The molecule has 0 bridgehead atoms. The highest BCUT2D eigenvalue weighted by molar-refractivity contribution is 6.28. The van der Waals surface area contributed by atoms with E-state index in [2.05, 4.69) is 21.4 Å². The second-order valence-corrected chi connectivity index (χ2v) is 5.34. The smallest absolute Gasteiger partial charge is 0.224 e. The van der Waals surface area contributed by atoms with Crippen molar-refractivity contribution < 1.29 is 0 Å². The van der Waals surface area contributed by atoms with E-state index in [1.54, 1.807) is 12.3 Å². The molecule has 0 atom stereocenters. The largest absolute Gasteiger partial charge is 0.403 e. The van der Waals surface area contributed by atoms with E-state index < -0.39 is 0 Å². The Morgan fingerprint density at radius 3 is 2.81 bits per heavy atom. The normalized spacial score (nSPS) is 15.0. The molecule has 108 valence electrons. The van der Waals surface area contributed by atoms with Crippen LogP contribution >= 0.6 is 11.6 Å². The summed E-state index contributed by atoms with van der Waals surface area (Å²) in [6, 6.07) is 7.73. The molecule has 6 heteroatoms. The van der Waals surface area contributed by atoms with Crippen LogP contribution in [0, 0.1) is 0 Å². The summed E-state index contributed by atoms with van der Waals surface area (Å²) in [5, 5.41) is 3.31. The van der Waals surface area contributed by atoms with Crippen molar-refractivity contribution >= 4 is 28.8 Å². The average molecular weight is 302 g/mol. The molecule has 0 saturated heterocycles. The molecule has 1 fully saturated rings. The van der Waals surface area contributed by atoms with E-state index in [9.17, 15) is 0 Å². The van der Waals surface area contributed by atoms with Crippen LogP contribution in [0.4, 0.5) is 11.5 Å². The molecule has 0 unspecified atom stereocenters. The molecule has 0 radical (unpaired) electrons. The summed E-state index contributed by atoms with van der Waals surface area (Å²) in [6.45, 7) is 0. The van der Waals surface area contributed by atoms with Gasteiger partial charge in [-0.3, -0.25) is 0 Å². The van der Waals surface area contributed by atoms with Gasteiger partial charge < -0.3 is 16.8 Å². The number of nitrogens with zero attached hydrogens (tertiary/aromatic N) is 2. The predicted molar refractivity (Wildman–Crippen MR) is 85.7 cm³/mol. The van der Waals surface area contributed by atoms with Crippen molar-refractivity contribution in [3.8, 4) is 0 Å². The lowest BCUT2D eigenvalue weighted by Gasteiger charge is -2.14. The monoisotopic (exact) mass is 301 g/mol. The second kappa shape index (κ2) is 5.61. The lowest BCUT2D eigenvalue weighted by molar-refractivity contribution is 1.13. The molecule has 1 aromatic heterocycles. The Morgan fingerprint density at radius 1 is 1.33 bits per heavy atom. The third-order valence-corrected chi connectivity index (χ3v) is 3.68. The molecule has 1 aliphatic rings. The Balaban J connectivity index is 1.92. The van der Waals surface area contributed by atoms with Crippen molar-refractivity contribution in [1.29, 1.82) is 0 Å². The molecule has 21 heavy (non-hydrogen) atoms. The van der Waals surface area contributed by atoms with Crippen LogP contribution < -0.4 is 16.8 Å². The zero-order chi connectivity index (χ0) is 14.8. The SMILES string of the molecule is N/C=C(/Nc1ccnc(Cl)n1)c1cccc(C2CC2)c1N. The number of hydrogen-bond donors (Lipinski definition) is 3. The lowest BCUT2D eigenvalue weighted by atomic mass is 10.0. The number of nitrogens with one attached hydrogen (secondary N) is 1. The molecule has 1 saturated carbocycles. The van der Waals surface area contributed by atoms with Crippen LogP contribution in [0.15, 0.2) is 36.7 Å². The number of para-hydroxylation sites is 1. The number of hydrogen-bond acceptors (Lipinski definition) is 5. The lowest BCUT2D eigenvalue weighted by Crippen LogP contribution is -2.07. The number of benzene rings is 1. The van der Waals surface area contributed by atoms with Crippen LogP contribution in [-0.2, 0) is 0 Å². The maximum absolute atomic E-state index is 6.29. The fourth-order valence-electron chi connectivity index (χ4n) is 2.31. The molecule has 0 aliphatic heterocycles. The van der Waals surface area contributed by atoms with E-state index in [1.165, 1.54) is 24.6 Å². The van der Waals surface area contributed by atoms with Gasteiger partial charge in [0.25, 0.3) is 0 Å². The van der Waals surface area contributed by atoms with Gasteiger partial charge in [-0.05, 0) is 42.0 Å². The number of aromatic nitrogens is 2. The van der Waals surface area contributed by atoms with Crippen LogP contribution in [-0.4, -0.2) is 9.97 Å². The van der Waals surface area contributed by atoms with Crippen LogP contribution in [0.1, 0.15) is 29.9 Å². The highest BCUT2D eigenvalue weighted by atomic mass is 35.5. The summed E-state index contributed by atoms with van der Waals surface area (Å²) in [6.07, 6.45) is 5.46. The van der Waals surface area contributed by atoms with E-state index in [1.807, 2.05) is 12.1 Å². The van der Waals surface area contributed by atoms with Gasteiger partial charge in [-0.15, -0.1) is 0 Å². The summed E-state index contributed by atoms with van der Waals surface area (Å²) >= 11 is 5.79. The first-order chi connectivity index (χ1) is 10.2. The minimum absolute atomic E-state index is 0.177. The van der Waals surface area contributed by atoms with Gasteiger partial charge in [0.15, 0.2) is 0 Å². The van der Waals surface area contributed by atoms with Gasteiger partial charge in [-0.25, -0.2) is 9.97 Å².